The highest BCUT2D eigenvalue weighted by Gasteiger charge is 2.10. The number of nitrogens with zero attached hydrogens (tertiary/aromatic N) is 2. The van der Waals surface area contributed by atoms with Crippen LogP contribution in [0.25, 0.3) is 0 Å². The Morgan fingerprint density at radius 2 is 1.95 bits per heavy atom. The molecule has 1 aromatic carbocycles. The molecule has 0 aliphatic carbocycles. The molecular formula is C16H18N2O3. The Balaban J connectivity index is 2.19. The van der Waals surface area contributed by atoms with E-state index in [4.69, 9.17) is 9.84 Å². The maximum atomic E-state index is 11.1. The van der Waals surface area contributed by atoms with Crippen molar-refractivity contribution in [2.75, 3.05) is 19.1 Å². The number of aromatic nitrogens is 1. The molecule has 21 heavy (non-hydrogen) atoms. The number of ether oxygens (including phenoxy) is 1. The maximum Gasteiger partial charge on any atom is 0.335 e. The van der Waals surface area contributed by atoms with Crippen molar-refractivity contribution >= 4 is 11.8 Å². The summed E-state index contributed by atoms with van der Waals surface area (Å²) in [5.41, 5.74) is 2.03. The summed E-state index contributed by atoms with van der Waals surface area (Å²) < 4.78 is 5.13. The molecule has 0 atom stereocenters. The summed E-state index contributed by atoms with van der Waals surface area (Å²) in [6, 6.07) is 10.9. The molecule has 0 spiro atoms. The third-order valence-corrected chi connectivity index (χ3v) is 3.16. The van der Waals surface area contributed by atoms with Crippen molar-refractivity contribution in [3.05, 3.63) is 53.2 Å². The summed E-state index contributed by atoms with van der Waals surface area (Å²) in [5.74, 6) is 0.506. The second kappa shape index (κ2) is 6.26. The van der Waals surface area contributed by atoms with Gasteiger partial charge < -0.3 is 14.7 Å². The van der Waals surface area contributed by atoms with Crippen LogP contribution in [0.4, 0.5) is 5.82 Å². The van der Waals surface area contributed by atoms with E-state index in [1.807, 2.05) is 36.2 Å². The number of hydrogen-bond donors (Lipinski definition) is 1. The van der Waals surface area contributed by atoms with E-state index in [1.54, 1.807) is 26.2 Å². The summed E-state index contributed by atoms with van der Waals surface area (Å²) in [6.07, 6.45) is 0. The minimum Gasteiger partial charge on any atom is -0.497 e. The number of rotatable bonds is 5. The second-order valence-electron chi connectivity index (χ2n) is 4.86. The zero-order chi connectivity index (χ0) is 15.4. The van der Waals surface area contributed by atoms with E-state index in [0.717, 1.165) is 11.3 Å². The van der Waals surface area contributed by atoms with Gasteiger partial charge in [0.15, 0.2) is 0 Å². The van der Waals surface area contributed by atoms with Crippen LogP contribution in [0.1, 0.15) is 21.6 Å². The molecule has 0 saturated heterocycles. The molecule has 0 aliphatic rings. The Hall–Kier alpha value is -2.56. The van der Waals surface area contributed by atoms with E-state index in [9.17, 15) is 4.79 Å². The second-order valence-corrected chi connectivity index (χ2v) is 4.86. The number of carboxylic acid groups (broad SMARTS) is 1. The van der Waals surface area contributed by atoms with Crippen LogP contribution in [0.5, 0.6) is 5.75 Å². The van der Waals surface area contributed by atoms with Gasteiger partial charge in [0.1, 0.15) is 11.6 Å². The van der Waals surface area contributed by atoms with Gasteiger partial charge in [-0.25, -0.2) is 9.78 Å². The van der Waals surface area contributed by atoms with Gasteiger partial charge in [-0.1, -0.05) is 12.1 Å². The van der Waals surface area contributed by atoms with E-state index in [-0.39, 0.29) is 5.56 Å². The highest BCUT2D eigenvalue weighted by atomic mass is 16.5. The van der Waals surface area contributed by atoms with E-state index < -0.39 is 5.97 Å². The van der Waals surface area contributed by atoms with Crippen molar-refractivity contribution < 1.29 is 14.6 Å². The molecule has 1 N–H and O–H groups in total. The highest BCUT2D eigenvalue weighted by Crippen LogP contribution is 2.18. The zero-order valence-electron chi connectivity index (χ0n) is 12.3. The number of pyridine rings is 1. The summed E-state index contributed by atoms with van der Waals surface area (Å²) in [5, 5.41) is 9.10. The number of hydrogen-bond acceptors (Lipinski definition) is 4. The van der Waals surface area contributed by atoms with Crippen LogP contribution in [-0.2, 0) is 6.54 Å². The van der Waals surface area contributed by atoms with Gasteiger partial charge in [-0.3, -0.25) is 0 Å². The summed E-state index contributed by atoms with van der Waals surface area (Å²) in [4.78, 5) is 17.4. The van der Waals surface area contributed by atoms with Crippen molar-refractivity contribution in [3.8, 4) is 5.75 Å². The molecule has 2 rings (SSSR count). The van der Waals surface area contributed by atoms with Crippen molar-refractivity contribution in [3.63, 3.8) is 0 Å². The van der Waals surface area contributed by atoms with Gasteiger partial charge in [-0.05, 0) is 36.8 Å². The van der Waals surface area contributed by atoms with Gasteiger partial charge >= 0.3 is 5.97 Å². The van der Waals surface area contributed by atoms with Gasteiger partial charge in [0.25, 0.3) is 0 Å². The van der Waals surface area contributed by atoms with Crippen LogP contribution in [-0.4, -0.2) is 30.2 Å². The largest absolute Gasteiger partial charge is 0.497 e. The first-order chi connectivity index (χ1) is 9.99. The van der Waals surface area contributed by atoms with Crippen LogP contribution in [0.3, 0.4) is 0 Å². The average molecular weight is 286 g/mol. The number of carboxylic acids is 1. The number of aryl methyl sites for hydroxylation is 1. The first-order valence-corrected chi connectivity index (χ1v) is 6.55. The first-order valence-electron chi connectivity index (χ1n) is 6.55. The Labute approximate surface area is 123 Å². The Morgan fingerprint density at radius 1 is 1.29 bits per heavy atom. The van der Waals surface area contributed by atoms with Crippen molar-refractivity contribution in [1.82, 2.24) is 4.98 Å². The summed E-state index contributed by atoms with van der Waals surface area (Å²) in [6.45, 7) is 2.43. The third-order valence-electron chi connectivity index (χ3n) is 3.16. The number of carbonyl (C=O) groups is 1. The zero-order valence-corrected chi connectivity index (χ0v) is 12.3. The first kappa shape index (κ1) is 14.8. The van der Waals surface area contributed by atoms with Gasteiger partial charge in [0.05, 0.1) is 12.7 Å². The molecule has 110 valence electrons. The highest BCUT2D eigenvalue weighted by molar-refractivity contribution is 5.88. The lowest BCUT2D eigenvalue weighted by Gasteiger charge is -2.19. The lowest BCUT2D eigenvalue weighted by Crippen LogP contribution is -2.18. The fourth-order valence-corrected chi connectivity index (χ4v) is 2.06. The third kappa shape index (κ3) is 3.72. The molecule has 0 bridgehead atoms. The molecule has 2 aromatic rings. The predicted molar refractivity (Wildman–Crippen MR) is 81.0 cm³/mol. The SMILES string of the molecule is COc1ccc(CN(C)c2cc(C(=O)O)cc(C)n2)cc1. The van der Waals surface area contributed by atoms with Gasteiger partial charge in [-0.2, -0.15) is 0 Å². The molecule has 5 nitrogen and oxygen atoms in total. The molecule has 1 heterocycles. The molecule has 1 aromatic heterocycles. The fourth-order valence-electron chi connectivity index (χ4n) is 2.06. The van der Waals surface area contributed by atoms with Crippen molar-refractivity contribution in [1.29, 1.82) is 0 Å². The topological polar surface area (TPSA) is 62.7 Å². The molecule has 0 radical (unpaired) electrons. The monoisotopic (exact) mass is 286 g/mol. The molecule has 0 aliphatic heterocycles. The van der Waals surface area contributed by atoms with Gasteiger partial charge in [0, 0.05) is 19.3 Å². The maximum absolute atomic E-state index is 11.1. The number of methoxy groups -OCH3 is 1. The Kier molecular flexibility index (Phi) is 4.42. The van der Waals surface area contributed by atoms with Crippen molar-refractivity contribution in [2.24, 2.45) is 0 Å². The Morgan fingerprint density at radius 3 is 2.52 bits per heavy atom. The minimum atomic E-state index is -0.945. The minimum absolute atomic E-state index is 0.249. The standard InChI is InChI=1S/C16H18N2O3/c1-11-8-13(16(19)20)9-15(17-11)18(2)10-12-4-6-14(21-3)7-5-12/h4-9H,10H2,1-3H3,(H,19,20). The van der Waals surface area contributed by atoms with Crippen molar-refractivity contribution in [2.45, 2.75) is 13.5 Å². The quantitative estimate of drug-likeness (QED) is 0.915. The van der Waals surface area contributed by atoms with E-state index in [2.05, 4.69) is 4.98 Å². The van der Waals surface area contributed by atoms with Crippen LogP contribution in [0.2, 0.25) is 0 Å². The van der Waals surface area contributed by atoms with E-state index >= 15 is 0 Å². The molecule has 0 amide bonds. The van der Waals surface area contributed by atoms with Crippen LogP contribution in [0, 0.1) is 6.92 Å². The molecule has 0 saturated carbocycles. The number of benzene rings is 1. The van der Waals surface area contributed by atoms with Gasteiger partial charge in [-0.15, -0.1) is 0 Å². The number of aromatic carboxylic acids is 1. The fraction of sp³-hybridized carbons (Fsp3) is 0.250. The summed E-state index contributed by atoms with van der Waals surface area (Å²) in [7, 11) is 3.52. The average Bonchev–Trinajstić information content (AvgIpc) is 2.47. The lowest BCUT2D eigenvalue weighted by molar-refractivity contribution is 0.0696. The predicted octanol–water partition coefficient (Wildman–Crippen LogP) is 2.73. The van der Waals surface area contributed by atoms with E-state index in [0.29, 0.717) is 18.1 Å². The number of anilines is 1. The van der Waals surface area contributed by atoms with Crippen LogP contribution >= 0.6 is 0 Å². The summed E-state index contributed by atoms with van der Waals surface area (Å²) >= 11 is 0. The smallest absolute Gasteiger partial charge is 0.335 e. The lowest BCUT2D eigenvalue weighted by atomic mass is 10.2. The van der Waals surface area contributed by atoms with Crippen LogP contribution in [0.15, 0.2) is 36.4 Å². The molecule has 0 fully saturated rings. The normalized spacial score (nSPS) is 10.2. The molecule has 0 unspecified atom stereocenters. The molecular weight excluding hydrogens is 268 g/mol. The van der Waals surface area contributed by atoms with Gasteiger partial charge in [0.2, 0.25) is 0 Å². The molecule has 5 heteroatoms. The van der Waals surface area contributed by atoms with E-state index in [1.165, 1.54) is 0 Å². The Bertz CT molecular complexity index is 638. The van der Waals surface area contributed by atoms with Crippen LogP contribution < -0.4 is 9.64 Å².